The number of carbonyl (C=O) groups excluding carboxylic acids is 3. The fourth-order valence-corrected chi connectivity index (χ4v) is 8.69. The molecule has 0 aliphatic rings. The summed E-state index contributed by atoms with van der Waals surface area (Å²) in [5.41, 5.74) is 0.768. The topological polar surface area (TPSA) is 72.9 Å². The first-order valence-corrected chi connectivity index (χ1v) is 29.3. The highest BCUT2D eigenvalue weighted by atomic mass is 16.6. The van der Waals surface area contributed by atoms with Crippen LogP contribution < -0.4 is 4.90 Å². The molecule has 1 aromatic carbocycles. The Morgan fingerprint density at radius 3 is 1.22 bits per heavy atom. The van der Waals surface area contributed by atoms with Crippen molar-refractivity contribution in [2.75, 3.05) is 18.1 Å². The molecule has 0 aromatic heterocycles. The summed E-state index contributed by atoms with van der Waals surface area (Å²) in [5, 5.41) is 0. The third kappa shape index (κ3) is 43.1. The van der Waals surface area contributed by atoms with Crippen molar-refractivity contribution >= 4 is 23.5 Å². The SMILES string of the molecule is CCCCC/C=C\C/C=C\CCCCCCCC(=O)OC(COC(=O)CCCCCCC/C=C\CCCCCCCC)CN(C(=O)CCCCCCC/C=C\CCCCCCCC)c1ccccc1. The second-order valence-electron chi connectivity index (χ2n) is 19.8. The van der Waals surface area contributed by atoms with Crippen molar-refractivity contribution in [2.45, 2.75) is 284 Å². The Labute approximate surface area is 426 Å². The second-order valence-corrected chi connectivity index (χ2v) is 19.8. The normalized spacial score (nSPS) is 12.3. The van der Waals surface area contributed by atoms with E-state index in [1.165, 1.54) is 141 Å². The predicted octanol–water partition coefficient (Wildman–Crippen LogP) is 19.4. The lowest BCUT2D eigenvalue weighted by molar-refractivity contribution is -0.158. The molecule has 0 bridgehead atoms. The highest BCUT2D eigenvalue weighted by Gasteiger charge is 2.25. The Hall–Kier alpha value is -3.41. The van der Waals surface area contributed by atoms with Crippen LogP contribution in [0.5, 0.6) is 0 Å². The number of rotatable bonds is 50. The van der Waals surface area contributed by atoms with Gasteiger partial charge < -0.3 is 14.4 Å². The number of allylic oxidation sites excluding steroid dienone is 8. The molecule has 0 saturated carbocycles. The number of benzene rings is 1. The molecule has 6 heteroatoms. The molecular weight excluding hydrogens is 851 g/mol. The number of hydrogen-bond donors (Lipinski definition) is 0. The lowest BCUT2D eigenvalue weighted by Crippen LogP contribution is -2.41. The molecule has 1 aromatic rings. The van der Waals surface area contributed by atoms with E-state index in [1.807, 2.05) is 30.3 Å². The molecule has 6 nitrogen and oxygen atoms in total. The van der Waals surface area contributed by atoms with Crippen molar-refractivity contribution < 1.29 is 23.9 Å². The summed E-state index contributed by atoms with van der Waals surface area (Å²) in [6, 6.07) is 9.65. The van der Waals surface area contributed by atoms with E-state index in [9.17, 15) is 14.4 Å². The Bertz CT molecular complexity index is 1420. The number of para-hydroxylation sites is 1. The number of anilines is 1. The number of hydrogen-bond acceptors (Lipinski definition) is 5. The van der Waals surface area contributed by atoms with Crippen LogP contribution in [0, 0.1) is 0 Å². The van der Waals surface area contributed by atoms with Crippen molar-refractivity contribution in [3.63, 3.8) is 0 Å². The van der Waals surface area contributed by atoms with Gasteiger partial charge in [0.2, 0.25) is 5.91 Å². The fraction of sp³-hybridized carbons (Fsp3) is 0.730. The Morgan fingerprint density at radius 2 is 0.768 bits per heavy atom. The summed E-state index contributed by atoms with van der Waals surface area (Å²) in [6.45, 7) is 6.88. The van der Waals surface area contributed by atoms with Gasteiger partial charge in [0, 0.05) is 24.9 Å². The van der Waals surface area contributed by atoms with E-state index >= 15 is 0 Å². The Kier molecular flexibility index (Phi) is 47.0. The van der Waals surface area contributed by atoms with Crippen LogP contribution in [0.2, 0.25) is 0 Å². The molecule has 0 fully saturated rings. The summed E-state index contributed by atoms with van der Waals surface area (Å²) in [4.78, 5) is 41.9. The Balaban J connectivity index is 2.61. The van der Waals surface area contributed by atoms with Gasteiger partial charge in [-0.25, -0.2) is 0 Å². The Morgan fingerprint density at radius 1 is 0.420 bits per heavy atom. The van der Waals surface area contributed by atoms with Crippen LogP contribution in [0.15, 0.2) is 78.9 Å². The lowest BCUT2D eigenvalue weighted by Gasteiger charge is -2.28. The van der Waals surface area contributed by atoms with Gasteiger partial charge in [0.15, 0.2) is 6.10 Å². The van der Waals surface area contributed by atoms with Crippen LogP contribution in [0.3, 0.4) is 0 Å². The quantitative estimate of drug-likeness (QED) is 0.0370. The van der Waals surface area contributed by atoms with Crippen molar-refractivity contribution in [1.29, 1.82) is 0 Å². The molecule has 0 spiro atoms. The number of ether oxygens (including phenoxy) is 2. The zero-order valence-corrected chi connectivity index (χ0v) is 45.3. The third-order valence-electron chi connectivity index (χ3n) is 13.1. The van der Waals surface area contributed by atoms with Gasteiger partial charge in [-0.05, 0) is 115 Å². The maximum atomic E-state index is 13.9. The average Bonchev–Trinajstić information content (AvgIpc) is 3.36. The third-order valence-corrected chi connectivity index (χ3v) is 13.1. The van der Waals surface area contributed by atoms with Crippen molar-refractivity contribution in [3.8, 4) is 0 Å². The summed E-state index contributed by atoms with van der Waals surface area (Å²) in [5.74, 6) is -0.557. The number of amides is 1. The largest absolute Gasteiger partial charge is 0.462 e. The van der Waals surface area contributed by atoms with Crippen molar-refractivity contribution in [3.05, 3.63) is 78.9 Å². The summed E-state index contributed by atoms with van der Waals surface area (Å²) in [6.07, 6.45) is 62.5. The van der Waals surface area contributed by atoms with Gasteiger partial charge in [-0.2, -0.15) is 0 Å². The molecule has 1 amide bonds. The molecule has 0 saturated heterocycles. The zero-order chi connectivity index (χ0) is 49.8. The molecule has 1 atom stereocenters. The molecule has 0 aliphatic carbocycles. The minimum absolute atomic E-state index is 0.00761. The zero-order valence-electron chi connectivity index (χ0n) is 45.3. The van der Waals surface area contributed by atoms with Crippen LogP contribution in [0.25, 0.3) is 0 Å². The van der Waals surface area contributed by atoms with Gasteiger partial charge in [-0.1, -0.05) is 222 Å². The maximum Gasteiger partial charge on any atom is 0.306 e. The molecule has 1 unspecified atom stereocenters. The summed E-state index contributed by atoms with van der Waals surface area (Å²) >= 11 is 0. The molecular formula is C63H107NO5. The van der Waals surface area contributed by atoms with E-state index in [-0.39, 0.29) is 31.0 Å². The second kappa shape index (κ2) is 51.0. The van der Waals surface area contributed by atoms with E-state index in [2.05, 4.69) is 69.4 Å². The number of esters is 2. The highest BCUT2D eigenvalue weighted by molar-refractivity contribution is 5.93. The van der Waals surface area contributed by atoms with Gasteiger partial charge in [0.1, 0.15) is 6.61 Å². The van der Waals surface area contributed by atoms with E-state index < -0.39 is 6.10 Å². The standard InChI is InChI=1S/C63H107NO5/c1-4-7-10-13-16-19-22-25-28-31-34-37-40-43-49-54-61(65)64(59-52-47-46-48-53-59)57-60(69-63(67)56-51-45-42-39-36-33-30-27-24-21-18-15-12-9-6-3)58-68-62(66)55-50-44-41-38-35-32-29-26-23-20-17-14-11-8-5-2/h18,21,25-30,46-48,52-53,60H,4-17,19-20,22-24,31-45,49-51,54-58H2,1-3H3/b21-18-,28-25-,29-26-,30-27-. The number of nitrogens with zero attached hydrogens (tertiary/aromatic N) is 1. The van der Waals surface area contributed by atoms with Gasteiger partial charge in [0.25, 0.3) is 0 Å². The first kappa shape index (κ1) is 63.6. The van der Waals surface area contributed by atoms with Crippen LogP contribution >= 0.6 is 0 Å². The minimum Gasteiger partial charge on any atom is -0.462 e. The van der Waals surface area contributed by atoms with Crippen molar-refractivity contribution in [1.82, 2.24) is 0 Å². The summed E-state index contributed by atoms with van der Waals surface area (Å²) < 4.78 is 11.8. The molecule has 0 aliphatic heterocycles. The van der Waals surface area contributed by atoms with E-state index in [0.717, 1.165) is 102 Å². The molecule has 0 heterocycles. The molecule has 1 rings (SSSR count). The van der Waals surface area contributed by atoms with Crippen LogP contribution in [0.4, 0.5) is 5.69 Å². The minimum atomic E-state index is -0.744. The van der Waals surface area contributed by atoms with E-state index in [4.69, 9.17) is 9.47 Å². The average molecular weight is 959 g/mol. The molecule has 0 radical (unpaired) electrons. The fourth-order valence-electron chi connectivity index (χ4n) is 8.69. The first-order valence-electron chi connectivity index (χ1n) is 29.3. The van der Waals surface area contributed by atoms with Crippen LogP contribution in [-0.2, 0) is 23.9 Å². The monoisotopic (exact) mass is 958 g/mol. The van der Waals surface area contributed by atoms with Gasteiger partial charge >= 0.3 is 11.9 Å². The first-order chi connectivity index (χ1) is 34.0. The van der Waals surface area contributed by atoms with Crippen LogP contribution in [-0.4, -0.2) is 37.1 Å². The molecule has 0 N–H and O–H groups in total. The number of carbonyl (C=O) groups is 3. The molecule has 394 valence electrons. The van der Waals surface area contributed by atoms with E-state index in [0.29, 0.717) is 19.3 Å². The smallest absolute Gasteiger partial charge is 0.306 e. The molecule has 69 heavy (non-hydrogen) atoms. The highest BCUT2D eigenvalue weighted by Crippen LogP contribution is 2.20. The lowest BCUT2D eigenvalue weighted by atomic mass is 10.1. The number of unbranched alkanes of at least 4 members (excludes halogenated alkanes) is 30. The predicted molar refractivity (Wildman–Crippen MR) is 298 cm³/mol. The van der Waals surface area contributed by atoms with Gasteiger partial charge in [0.05, 0.1) is 6.54 Å². The van der Waals surface area contributed by atoms with Gasteiger partial charge in [-0.15, -0.1) is 0 Å². The van der Waals surface area contributed by atoms with Crippen molar-refractivity contribution in [2.24, 2.45) is 0 Å². The van der Waals surface area contributed by atoms with E-state index in [1.54, 1.807) is 4.90 Å². The maximum absolute atomic E-state index is 13.9. The van der Waals surface area contributed by atoms with Crippen LogP contribution in [0.1, 0.15) is 278 Å². The van der Waals surface area contributed by atoms with Gasteiger partial charge in [-0.3, -0.25) is 14.4 Å². The summed E-state index contributed by atoms with van der Waals surface area (Å²) in [7, 11) is 0.